The summed E-state index contributed by atoms with van der Waals surface area (Å²) in [5.41, 5.74) is 14.7. The van der Waals surface area contributed by atoms with Gasteiger partial charge in [0.05, 0.1) is 11.1 Å². The summed E-state index contributed by atoms with van der Waals surface area (Å²) in [6.07, 6.45) is -0.208. The zero-order chi connectivity index (χ0) is 31.7. The van der Waals surface area contributed by atoms with E-state index in [9.17, 15) is 0 Å². The van der Waals surface area contributed by atoms with Crippen LogP contribution in [0.25, 0.3) is 22.3 Å². The van der Waals surface area contributed by atoms with Crippen LogP contribution in [0.3, 0.4) is 0 Å². The normalized spacial score (nSPS) is 15.9. The van der Waals surface area contributed by atoms with Gasteiger partial charge >= 0.3 is 0 Å². The van der Waals surface area contributed by atoms with Crippen molar-refractivity contribution in [1.82, 2.24) is 0 Å². The summed E-state index contributed by atoms with van der Waals surface area (Å²) in [6.45, 7) is 0. The maximum atomic E-state index is 6.51. The molecular weight excluding hydrogens is 585 g/mol. The van der Waals surface area contributed by atoms with Crippen LogP contribution in [-0.2, 0) is 5.41 Å². The molecule has 1 atom stereocenters. The van der Waals surface area contributed by atoms with Crippen molar-refractivity contribution in [3.63, 3.8) is 0 Å². The van der Waals surface area contributed by atoms with E-state index in [1.165, 1.54) is 44.5 Å². The number of rotatable bonds is 3. The van der Waals surface area contributed by atoms with Crippen molar-refractivity contribution in [1.29, 1.82) is 0 Å². The number of anilines is 1. The Morgan fingerprint density at radius 2 is 1.02 bits per heavy atom. The smallest absolute Gasteiger partial charge is 0.145 e. The molecule has 3 heteroatoms. The molecule has 7 aromatic rings. The van der Waals surface area contributed by atoms with E-state index in [0.29, 0.717) is 0 Å². The second kappa shape index (κ2) is 10.4. The Balaban J connectivity index is 1.15. The number of fused-ring (bicyclic) bond motifs is 10. The molecule has 2 heterocycles. The second-order valence-electron chi connectivity index (χ2n) is 12.7. The molecule has 48 heavy (non-hydrogen) atoms. The zero-order valence-electron chi connectivity index (χ0n) is 26.1. The molecule has 3 aliphatic rings. The molecule has 10 rings (SSSR count). The molecule has 0 aromatic heterocycles. The quantitative estimate of drug-likeness (QED) is 0.215. The first kappa shape index (κ1) is 27.0. The van der Waals surface area contributed by atoms with E-state index in [0.717, 1.165) is 39.6 Å². The predicted octanol–water partition coefficient (Wildman–Crippen LogP) is 10.8. The molecule has 1 N–H and O–H groups in total. The van der Waals surface area contributed by atoms with Gasteiger partial charge in [0.1, 0.15) is 17.7 Å². The standard InChI is InChI=1S/C45H30N2O/c1-2-12-29(13-3-1)30-22-24-31(25-23-30)44-46-40-19-9-5-15-34(40)43(47-44)32-26-27-37-35(28-32)33-14-4-6-16-36(33)45(37)38-17-7-10-20-41(38)48-42-21-11-8-18-39(42)45/h1-28,44,46H. The van der Waals surface area contributed by atoms with Crippen molar-refractivity contribution in [3.8, 4) is 33.8 Å². The molecule has 7 aromatic carbocycles. The minimum Gasteiger partial charge on any atom is -0.457 e. The lowest BCUT2D eigenvalue weighted by Gasteiger charge is -2.39. The van der Waals surface area contributed by atoms with Gasteiger partial charge in [0, 0.05) is 27.9 Å². The summed E-state index contributed by atoms with van der Waals surface area (Å²) in [7, 11) is 0. The van der Waals surface area contributed by atoms with Gasteiger partial charge in [0.2, 0.25) is 0 Å². The predicted molar refractivity (Wildman–Crippen MR) is 194 cm³/mol. The van der Waals surface area contributed by atoms with E-state index < -0.39 is 5.41 Å². The van der Waals surface area contributed by atoms with E-state index >= 15 is 0 Å². The van der Waals surface area contributed by atoms with Crippen LogP contribution >= 0.6 is 0 Å². The number of hydrogen-bond donors (Lipinski definition) is 1. The van der Waals surface area contributed by atoms with Crippen LogP contribution < -0.4 is 10.1 Å². The van der Waals surface area contributed by atoms with Crippen LogP contribution in [0.15, 0.2) is 175 Å². The highest BCUT2D eigenvalue weighted by Gasteiger charge is 2.51. The summed E-state index contributed by atoms with van der Waals surface area (Å²) >= 11 is 0. The molecule has 1 unspecified atom stereocenters. The number of aliphatic imine (C=N–C) groups is 1. The van der Waals surface area contributed by atoms with E-state index in [4.69, 9.17) is 9.73 Å². The molecule has 226 valence electrons. The maximum Gasteiger partial charge on any atom is 0.145 e. The molecule has 0 amide bonds. The van der Waals surface area contributed by atoms with Crippen molar-refractivity contribution in [2.45, 2.75) is 11.6 Å². The van der Waals surface area contributed by atoms with Gasteiger partial charge in [-0.2, -0.15) is 0 Å². The fourth-order valence-corrected chi connectivity index (χ4v) is 8.08. The third-order valence-electron chi connectivity index (χ3n) is 10.2. The number of ether oxygens (including phenoxy) is 1. The van der Waals surface area contributed by atoms with Crippen molar-refractivity contribution < 1.29 is 4.74 Å². The average Bonchev–Trinajstić information content (AvgIpc) is 3.45. The Morgan fingerprint density at radius 3 is 1.77 bits per heavy atom. The molecule has 2 aliphatic heterocycles. The van der Waals surface area contributed by atoms with Crippen molar-refractivity contribution in [2.24, 2.45) is 4.99 Å². The van der Waals surface area contributed by atoms with E-state index in [-0.39, 0.29) is 6.17 Å². The molecule has 1 spiro atoms. The lowest BCUT2D eigenvalue weighted by atomic mass is 9.66. The molecular formula is C45H30N2O. The number of benzene rings is 7. The van der Waals surface area contributed by atoms with Gasteiger partial charge in [-0.25, -0.2) is 0 Å². The summed E-state index contributed by atoms with van der Waals surface area (Å²) in [5.74, 6) is 1.81. The molecule has 0 saturated carbocycles. The highest BCUT2D eigenvalue weighted by Crippen LogP contribution is 2.62. The summed E-state index contributed by atoms with van der Waals surface area (Å²) in [6, 6.07) is 60.6. The largest absolute Gasteiger partial charge is 0.457 e. The third kappa shape index (κ3) is 3.85. The Labute approximate surface area is 279 Å². The lowest BCUT2D eigenvalue weighted by Crippen LogP contribution is -2.32. The number of nitrogens with one attached hydrogen (secondary N) is 1. The number of nitrogens with zero attached hydrogens (tertiary/aromatic N) is 1. The van der Waals surface area contributed by atoms with Gasteiger partial charge < -0.3 is 10.1 Å². The van der Waals surface area contributed by atoms with Crippen molar-refractivity contribution in [3.05, 3.63) is 209 Å². The highest BCUT2D eigenvalue weighted by atomic mass is 16.5. The third-order valence-corrected chi connectivity index (χ3v) is 10.2. The monoisotopic (exact) mass is 614 g/mol. The minimum absolute atomic E-state index is 0.208. The Morgan fingerprint density at radius 1 is 0.458 bits per heavy atom. The first-order chi connectivity index (χ1) is 23.8. The van der Waals surface area contributed by atoms with Crippen LogP contribution in [0, 0.1) is 0 Å². The number of para-hydroxylation sites is 3. The molecule has 1 aliphatic carbocycles. The van der Waals surface area contributed by atoms with Crippen LogP contribution in [0.4, 0.5) is 5.69 Å². The zero-order valence-corrected chi connectivity index (χ0v) is 26.1. The fourth-order valence-electron chi connectivity index (χ4n) is 8.08. The lowest BCUT2D eigenvalue weighted by molar-refractivity contribution is 0.436. The fraction of sp³-hybridized carbons (Fsp3) is 0.0444. The molecule has 0 radical (unpaired) electrons. The molecule has 0 bridgehead atoms. The van der Waals surface area contributed by atoms with E-state index in [2.05, 4.69) is 175 Å². The first-order valence-electron chi connectivity index (χ1n) is 16.5. The highest BCUT2D eigenvalue weighted by molar-refractivity contribution is 6.17. The molecule has 3 nitrogen and oxygen atoms in total. The SMILES string of the molecule is c1ccc(-c2ccc(C3N=C(c4ccc5c(c4)-c4ccccc4C54c5ccccc5Oc5ccccc54)c4ccccc4N3)cc2)cc1. The Hall–Kier alpha value is -6.19. The van der Waals surface area contributed by atoms with Crippen LogP contribution in [-0.4, -0.2) is 5.71 Å². The Kier molecular flexibility index (Phi) is 5.85. The van der Waals surface area contributed by atoms with Crippen LogP contribution in [0.2, 0.25) is 0 Å². The van der Waals surface area contributed by atoms with Crippen molar-refractivity contribution >= 4 is 11.4 Å². The Bertz CT molecular complexity index is 2360. The molecule has 0 fully saturated rings. The van der Waals surface area contributed by atoms with E-state index in [1.807, 2.05) is 0 Å². The second-order valence-corrected chi connectivity index (χ2v) is 12.7. The van der Waals surface area contributed by atoms with Crippen LogP contribution in [0.1, 0.15) is 45.1 Å². The van der Waals surface area contributed by atoms with Gasteiger partial charge in [-0.15, -0.1) is 0 Å². The average molecular weight is 615 g/mol. The summed E-state index contributed by atoms with van der Waals surface area (Å²) in [5, 5.41) is 3.71. The van der Waals surface area contributed by atoms with Gasteiger partial charge in [-0.3, -0.25) is 4.99 Å². The number of hydrogen-bond acceptors (Lipinski definition) is 3. The van der Waals surface area contributed by atoms with E-state index in [1.54, 1.807) is 0 Å². The van der Waals surface area contributed by atoms with Crippen LogP contribution in [0.5, 0.6) is 11.5 Å². The summed E-state index contributed by atoms with van der Waals surface area (Å²) in [4.78, 5) is 5.41. The van der Waals surface area contributed by atoms with Gasteiger partial charge in [-0.1, -0.05) is 146 Å². The van der Waals surface area contributed by atoms with Gasteiger partial charge in [0.15, 0.2) is 0 Å². The van der Waals surface area contributed by atoms with Gasteiger partial charge in [-0.05, 0) is 63.2 Å². The first-order valence-corrected chi connectivity index (χ1v) is 16.5. The van der Waals surface area contributed by atoms with Crippen molar-refractivity contribution in [2.75, 3.05) is 5.32 Å². The minimum atomic E-state index is -0.479. The summed E-state index contributed by atoms with van der Waals surface area (Å²) < 4.78 is 6.51. The van der Waals surface area contributed by atoms with Gasteiger partial charge in [0.25, 0.3) is 0 Å². The molecule has 0 saturated heterocycles. The topological polar surface area (TPSA) is 33.6 Å². The maximum absolute atomic E-state index is 6.51.